The first kappa shape index (κ1) is 18.4. The zero-order chi connectivity index (χ0) is 20.9. The van der Waals surface area contributed by atoms with Gasteiger partial charge < -0.3 is 4.90 Å². The minimum atomic E-state index is -1.16. The number of hydrogen-bond acceptors (Lipinski definition) is 6. The summed E-state index contributed by atoms with van der Waals surface area (Å²) in [6, 6.07) is 6.06. The summed E-state index contributed by atoms with van der Waals surface area (Å²) in [6.45, 7) is 1.68. The molecule has 8 nitrogen and oxygen atoms in total. The number of aromatic nitrogens is 3. The Hall–Kier alpha value is -3.66. The van der Waals surface area contributed by atoms with Crippen LogP contribution in [-0.4, -0.2) is 42.7 Å². The molecule has 4 heterocycles. The zero-order valence-electron chi connectivity index (χ0n) is 15.7. The number of carbonyl (C=O) groups excluding carboxylic acids is 2. The topological polar surface area (TPSA) is 92.0 Å². The molecule has 0 aliphatic carbocycles. The number of nitrogens with one attached hydrogen (secondary N) is 1. The van der Waals surface area contributed by atoms with Crippen molar-refractivity contribution in [1.82, 2.24) is 19.5 Å². The summed E-state index contributed by atoms with van der Waals surface area (Å²) in [7, 11) is 0. The van der Waals surface area contributed by atoms with Crippen LogP contribution in [0.15, 0.2) is 59.1 Å². The number of amides is 2. The van der Waals surface area contributed by atoms with Crippen molar-refractivity contribution in [3.05, 3.63) is 59.9 Å². The highest BCUT2D eigenvalue weighted by Gasteiger charge is 2.45. The Labute approximate surface area is 174 Å². The summed E-state index contributed by atoms with van der Waals surface area (Å²) < 4.78 is 14.8. The standard InChI is InChI=1S/C20H15FN6O2S/c1-20(10-16(28)22-15-4-2-3-9-26(15)20)17(29)23-18-24-19-27(25-18)14(11-30-19)12-5-7-13(21)8-6-12/h2-9,11H,10H2,1H3,(H,23,25,29). The van der Waals surface area contributed by atoms with Gasteiger partial charge in [0.25, 0.3) is 17.8 Å². The molecule has 0 saturated carbocycles. The molecule has 0 fully saturated rings. The Morgan fingerprint density at radius 2 is 2.07 bits per heavy atom. The molecule has 5 rings (SSSR count). The van der Waals surface area contributed by atoms with Gasteiger partial charge in [-0.15, -0.1) is 16.4 Å². The van der Waals surface area contributed by atoms with E-state index in [9.17, 15) is 14.0 Å². The first-order valence-corrected chi connectivity index (χ1v) is 9.99. The molecule has 10 heteroatoms. The molecule has 2 aromatic heterocycles. The lowest BCUT2D eigenvalue weighted by molar-refractivity contribution is -0.130. The SMILES string of the molecule is CC1(C(=O)Nc2nc3scc(-c4ccc(F)cc4)n3n2)CC(=O)N=C2C=CC=CN21. The Kier molecular flexibility index (Phi) is 4.10. The maximum atomic E-state index is 13.2. The van der Waals surface area contributed by atoms with Crippen LogP contribution in [0.3, 0.4) is 0 Å². The minimum absolute atomic E-state index is 0.0659. The van der Waals surface area contributed by atoms with Crippen molar-refractivity contribution in [2.45, 2.75) is 18.9 Å². The van der Waals surface area contributed by atoms with Crippen molar-refractivity contribution in [3.8, 4) is 11.3 Å². The van der Waals surface area contributed by atoms with Gasteiger partial charge in [-0.25, -0.2) is 8.91 Å². The molecule has 2 aliphatic heterocycles. The van der Waals surface area contributed by atoms with Crippen LogP contribution >= 0.6 is 11.3 Å². The summed E-state index contributed by atoms with van der Waals surface area (Å²) in [5, 5.41) is 8.98. The smallest absolute Gasteiger partial charge is 0.253 e. The number of fused-ring (bicyclic) bond motifs is 2. The highest BCUT2D eigenvalue weighted by Crippen LogP contribution is 2.30. The molecule has 1 N–H and O–H groups in total. The fraction of sp³-hybridized carbons (Fsp3) is 0.150. The van der Waals surface area contributed by atoms with E-state index in [1.165, 1.54) is 23.5 Å². The number of hydrogen-bond donors (Lipinski definition) is 1. The molecule has 0 bridgehead atoms. The number of anilines is 1. The summed E-state index contributed by atoms with van der Waals surface area (Å²) in [5.41, 5.74) is 0.357. The van der Waals surface area contributed by atoms with Crippen LogP contribution in [0.1, 0.15) is 13.3 Å². The van der Waals surface area contributed by atoms with Gasteiger partial charge in [-0.2, -0.15) is 9.98 Å². The number of thiazole rings is 1. The monoisotopic (exact) mass is 422 g/mol. The lowest BCUT2D eigenvalue weighted by Gasteiger charge is -2.41. The van der Waals surface area contributed by atoms with Crippen LogP contribution in [0.2, 0.25) is 0 Å². The Morgan fingerprint density at radius 3 is 2.87 bits per heavy atom. The van der Waals surface area contributed by atoms with Gasteiger partial charge in [-0.05, 0) is 43.3 Å². The van der Waals surface area contributed by atoms with Gasteiger partial charge in [0, 0.05) is 17.1 Å². The largest absolute Gasteiger partial charge is 0.317 e. The molecular weight excluding hydrogens is 407 g/mol. The predicted octanol–water partition coefficient (Wildman–Crippen LogP) is 3.01. The van der Waals surface area contributed by atoms with E-state index in [1.807, 2.05) is 5.38 Å². The van der Waals surface area contributed by atoms with Gasteiger partial charge in [0.05, 0.1) is 12.1 Å². The van der Waals surface area contributed by atoms with Crippen molar-refractivity contribution in [2.75, 3.05) is 5.32 Å². The average Bonchev–Trinajstić information content (AvgIpc) is 3.29. The maximum Gasteiger partial charge on any atom is 0.253 e. The normalized spacial score (nSPS) is 20.4. The number of aliphatic imine (C=N–C) groups is 1. The summed E-state index contributed by atoms with van der Waals surface area (Å²) >= 11 is 1.35. The molecule has 0 spiro atoms. The molecule has 150 valence electrons. The Bertz CT molecular complexity index is 1270. The molecule has 0 radical (unpaired) electrons. The molecule has 1 aromatic carbocycles. The molecular formula is C20H15FN6O2S. The van der Waals surface area contributed by atoms with Gasteiger partial charge in [0.1, 0.15) is 17.2 Å². The van der Waals surface area contributed by atoms with Gasteiger partial charge in [-0.3, -0.25) is 14.9 Å². The second-order valence-corrected chi connectivity index (χ2v) is 7.93. The van der Waals surface area contributed by atoms with E-state index < -0.39 is 11.4 Å². The highest BCUT2D eigenvalue weighted by molar-refractivity contribution is 7.15. The molecule has 0 saturated heterocycles. The third-order valence-electron chi connectivity index (χ3n) is 5.04. The van der Waals surface area contributed by atoms with E-state index >= 15 is 0 Å². The number of amidine groups is 1. The van der Waals surface area contributed by atoms with E-state index in [2.05, 4.69) is 20.4 Å². The highest BCUT2D eigenvalue weighted by atomic mass is 32.1. The van der Waals surface area contributed by atoms with E-state index in [0.717, 1.165) is 11.3 Å². The zero-order valence-corrected chi connectivity index (χ0v) is 16.6. The summed E-state index contributed by atoms with van der Waals surface area (Å²) in [5.74, 6) is -0.550. The second kappa shape index (κ2) is 6.70. The van der Waals surface area contributed by atoms with E-state index in [-0.39, 0.29) is 24.1 Å². The van der Waals surface area contributed by atoms with E-state index in [1.54, 1.807) is 52.9 Å². The molecule has 1 atom stereocenters. The first-order valence-electron chi connectivity index (χ1n) is 9.11. The second-order valence-electron chi connectivity index (χ2n) is 7.10. The fourth-order valence-corrected chi connectivity index (χ4v) is 4.30. The summed E-state index contributed by atoms with van der Waals surface area (Å²) in [6.07, 6.45) is 6.87. The number of rotatable bonds is 3. The first-order chi connectivity index (χ1) is 14.4. The number of allylic oxidation sites excluding steroid dienone is 2. The Morgan fingerprint density at radius 1 is 1.27 bits per heavy atom. The molecule has 2 aliphatic rings. The molecule has 30 heavy (non-hydrogen) atoms. The molecule has 3 aromatic rings. The minimum Gasteiger partial charge on any atom is -0.317 e. The Balaban J connectivity index is 1.44. The van der Waals surface area contributed by atoms with Gasteiger partial charge in [0.15, 0.2) is 0 Å². The fourth-order valence-electron chi connectivity index (χ4n) is 3.47. The predicted molar refractivity (Wildman–Crippen MR) is 110 cm³/mol. The number of nitrogens with zero attached hydrogens (tertiary/aromatic N) is 5. The number of carbonyl (C=O) groups is 2. The summed E-state index contributed by atoms with van der Waals surface area (Å²) in [4.78, 5) is 35.8. The quantitative estimate of drug-likeness (QED) is 0.701. The third-order valence-corrected chi connectivity index (χ3v) is 5.86. The van der Waals surface area contributed by atoms with Crippen LogP contribution in [0.5, 0.6) is 0 Å². The number of benzene rings is 1. The van der Waals surface area contributed by atoms with Crippen molar-refractivity contribution in [3.63, 3.8) is 0 Å². The molecule has 2 amide bonds. The molecule has 1 unspecified atom stereocenters. The van der Waals surface area contributed by atoms with Crippen molar-refractivity contribution < 1.29 is 14.0 Å². The number of halogens is 1. The lowest BCUT2D eigenvalue weighted by Crippen LogP contribution is -2.58. The van der Waals surface area contributed by atoms with Crippen LogP contribution < -0.4 is 5.32 Å². The van der Waals surface area contributed by atoms with Crippen LogP contribution in [0.4, 0.5) is 10.3 Å². The van der Waals surface area contributed by atoms with Crippen LogP contribution in [0, 0.1) is 5.82 Å². The van der Waals surface area contributed by atoms with Crippen LogP contribution in [0.25, 0.3) is 16.2 Å². The van der Waals surface area contributed by atoms with Gasteiger partial charge >= 0.3 is 0 Å². The van der Waals surface area contributed by atoms with E-state index in [4.69, 9.17) is 0 Å². The third kappa shape index (κ3) is 2.92. The van der Waals surface area contributed by atoms with E-state index in [0.29, 0.717) is 10.8 Å². The van der Waals surface area contributed by atoms with Crippen LogP contribution in [-0.2, 0) is 9.59 Å². The van der Waals surface area contributed by atoms with Gasteiger partial charge in [-0.1, -0.05) is 6.08 Å². The van der Waals surface area contributed by atoms with Crippen molar-refractivity contribution >= 4 is 39.9 Å². The van der Waals surface area contributed by atoms with Crippen molar-refractivity contribution in [1.29, 1.82) is 0 Å². The lowest BCUT2D eigenvalue weighted by atomic mass is 9.91. The van der Waals surface area contributed by atoms with Crippen molar-refractivity contribution in [2.24, 2.45) is 4.99 Å². The average molecular weight is 422 g/mol. The van der Waals surface area contributed by atoms with Gasteiger partial charge in [0.2, 0.25) is 4.96 Å². The maximum absolute atomic E-state index is 13.2.